The van der Waals surface area contributed by atoms with E-state index >= 15 is 0 Å². The van der Waals surface area contributed by atoms with Crippen LogP contribution in [-0.2, 0) is 10.8 Å². The molecule has 0 unspecified atom stereocenters. The third kappa shape index (κ3) is 5.29. The normalized spacial score (nSPS) is 17.4. The first-order valence-electron chi connectivity index (χ1n) is 11.9. The Balaban J connectivity index is 2.19. The molecule has 0 amide bonds. The van der Waals surface area contributed by atoms with E-state index in [1.165, 1.54) is 16.8 Å². The van der Waals surface area contributed by atoms with Crippen molar-refractivity contribution in [3.63, 3.8) is 0 Å². The van der Waals surface area contributed by atoms with Crippen molar-refractivity contribution in [2.24, 2.45) is 0 Å². The molecule has 4 nitrogen and oxygen atoms in total. The minimum atomic E-state index is -0.137. The minimum Gasteiger partial charge on any atom is -0.507 e. The van der Waals surface area contributed by atoms with Crippen LogP contribution in [0.25, 0.3) is 0 Å². The van der Waals surface area contributed by atoms with Gasteiger partial charge in [-0.05, 0) is 64.4 Å². The van der Waals surface area contributed by atoms with Gasteiger partial charge >= 0.3 is 0 Å². The molecule has 1 N–H and O–H groups in total. The molecular formula is C28H43N3O. The van der Waals surface area contributed by atoms with E-state index in [0.29, 0.717) is 5.75 Å². The first-order chi connectivity index (χ1) is 14.8. The Morgan fingerprint density at radius 1 is 0.781 bits per heavy atom. The van der Waals surface area contributed by atoms with Gasteiger partial charge < -0.3 is 14.9 Å². The van der Waals surface area contributed by atoms with Crippen LogP contribution in [0.3, 0.4) is 0 Å². The third-order valence-corrected chi connectivity index (χ3v) is 6.69. The summed E-state index contributed by atoms with van der Waals surface area (Å²) in [4.78, 5) is 7.15. The van der Waals surface area contributed by atoms with Gasteiger partial charge in [0.05, 0.1) is 6.04 Å². The van der Waals surface area contributed by atoms with E-state index in [2.05, 4.69) is 114 Å². The highest BCUT2D eigenvalue weighted by molar-refractivity contribution is 5.53. The van der Waals surface area contributed by atoms with E-state index in [1.54, 1.807) is 0 Å². The van der Waals surface area contributed by atoms with Gasteiger partial charge in [0.15, 0.2) is 0 Å². The Labute approximate surface area is 195 Å². The second kappa shape index (κ2) is 9.07. The van der Waals surface area contributed by atoms with Gasteiger partial charge in [-0.3, -0.25) is 4.90 Å². The van der Waals surface area contributed by atoms with Crippen LogP contribution in [0.1, 0.15) is 69.8 Å². The summed E-state index contributed by atoms with van der Waals surface area (Å²) in [6.07, 6.45) is 0. The fourth-order valence-corrected chi connectivity index (χ4v) is 4.61. The largest absolute Gasteiger partial charge is 0.507 e. The van der Waals surface area contributed by atoms with E-state index in [4.69, 9.17) is 0 Å². The number of hydrogen-bond donors (Lipinski definition) is 1. The first-order valence-corrected chi connectivity index (χ1v) is 11.9. The van der Waals surface area contributed by atoms with Gasteiger partial charge in [0.25, 0.3) is 0 Å². The van der Waals surface area contributed by atoms with Crippen LogP contribution in [0.5, 0.6) is 5.75 Å². The molecule has 0 radical (unpaired) electrons. The molecule has 1 aliphatic heterocycles. The number of likely N-dealkylation sites (N-methyl/N-ethyl adjacent to an activating group) is 1. The second-order valence-electron chi connectivity index (χ2n) is 11.7. The zero-order valence-electron chi connectivity index (χ0n) is 21.7. The summed E-state index contributed by atoms with van der Waals surface area (Å²) < 4.78 is 0. The van der Waals surface area contributed by atoms with Gasteiger partial charge in [0.1, 0.15) is 5.75 Å². The summed E-state index contributed by atoms with van der Waals surface area (Å²) in [5.74, 6) is 0.453. The Kier molecular flexibility index (Phi) is 6.97. The summed E-state index contributed by atoms with van der Waals surface area (Å²) >= 11 is 0. The average molecular weight is 438 g/mol. The molecule has 2 aromatic carbocycles. The minimum absolute atomic E-state index is 0.137. The first kappa shape index (κ1) is 24.6. The summed E-state index contributed by atoms with van der Waals surface area (Å²) in [6.45, 7) is 17.4. The zero-order chi connectivity index (χ0) is 23.8. The van der Waals surface area contributed by atoms with Crippen molar-refractivity contribution in [2.45, 2.75) is 58.4 Å². The number of phenols is 1. The smallest absolute Gasteiger partial charge is 0.123 e. The highest BCUT2D eigenvalue weighted by atomic mass is 16.3. The summed E-state index contributed by atoms with van der Waals surface area (Å²) in [6, 6.07) is 13.7. The molecule has 0 spiro atoms. The lowest BCUT2D eigenvalue weighted by atomic mass is 9.77. The molecule has 176 valence electrons. The van der Waals surface area contributed by atoms with Crippen molar-refractivity contribution < 1.29 is 5.11 Å². The summed E-state index contributed by atoms with van der Waals surface area (Å²) in [7, 11) is 6.37. The van der Waals surface area contributed by atoms with Gasteiger partial charge in [-0.1, -0.05) is 53.7 Å². The summed E-state index contributed by atoms with van der Waals surface area (Å²) in [5, 5.41) is 11.3. The molecule has 1 heterocycles. The number of rotatable bonds is 4. The Morgan fingerprint density at radius 3 is 1.66 bits per heavy atom. The quantitative estimate of drug-likeness (QED) is 0.695. The van der Waals surface area contributed by atoms with Crippen molar-refractivity contribution in [2.75, 3.05) is 52.2 Å². The molecule has 0 saturated carbocycles. The van der Waals surface area contributed by atoms with E-state index in [9.17, 15) is 5.11 Å². The number of phenolic OH excluding ortho intramolecular Hbond substituents is 1. The van der Waals surface area contributed by atoms with Crippen LogP contribution in [0.2, 0.25) is 0 Å². The second-order valence-corrected chi connectivity index (χ2v) is 11.7. The lowest BCUT2D eigenvalue weighted by Gasteiger charge is -2.39. The van der Waals surface area contributed by atoms with Crippen LogP contribution in [-0.4, -0.2) is 62.2 Å². The van der Waals surface area contributed by atoms with Crippen LogP contribution >= 0.6 is 0 Å². The molecule has 1 saturated heterocycles. The lowest BCUT2D eigenvalue weighted by molar-refractivity contribution is 0.127. The van der Waals surface area contributed by atoms with E-state index in [1.807, 2.05) is 0 Å². The number of anilines is 1. The predicted octanol–water partition coefficient (Wildman–Crippen LogP) is 5.39. The number of aromatic hydroxyl groups is 1. The fraction of sp³-hybridized carbons (Fsp3) is 0.571. The Bertz CT molecular complexity index is 876. The van der Waals surface area contributed by atoms with E-state index in [-0.39, 0.29) is 16.9 Å². The van der Waals surface area contributed by atoms with Gasteiger partial charge in [-0.25, -0.2) is 0 Å². The molecule has 4 heteroatoms. The van der Waals surface area contributed by atoms with Crippen LogP contribution in [0.15, 0.2) is 36.4 Å². The molecule has 0 aromatic heterocycles. The molecule has 0 aliphatic carbocycles. The number of nitrogens with zero attached hydrogens (tertiary/aromatic N) is 3. The maximum Gasteiger partial charge on any atom is 0.123 e. The molecule has 32 heavy (non-hydrogen) atoms. The zero-order valence-corrected chi connectivity index (χ0v) is 21.7. The Morgan fingerprint density at radius 2 is 1.25 bits per heavy atom. The number of piperazine rings is 1. The molecule has 0 bridgehead atoms. The molecule has 1 fully saturated rings. The SMILES string of the molecule is CN1CCN([C@H](c2ccc(N(C)C)cc2)c2cc(C(C)(C)C)c(O)c(C(C)(C)C)c2)CC1. The van der Waals surface area contributed by atoms with Crippen LogP contribution in [0, 0.1) is 0 Å². The van der Waals surface area contributed by atoms with Gasteiger partial charge in [0, 0.05) is 46.0 Å². The molecule has 2 aromatic rings. The number of benzene rings is 2. The highest BCUT2D eigenvalue weighted by Gasteiger charge is 2.31. The average Bonchev–Trinajstić information content (AvgIpc) is 2.69. The predicted molar refractivity (Wildman–Crippen MR) is 137 cm³/mol. The van der Waals surface area contributed by atoms with Crippen molar-refractivity contribution in [3.05, 3.63) is 58.7 Å². The monoisotopic (exact) mass is 437 g/mol. The molecule has 3 rings (SSSR count). The highest BCUT2D eigenvalue weighted by Crippen LogP contribution is 2.43. The van der Waals surface area contributed by atoms with Crippen molar-refractivity contribution >= 4 is 5.69 Å². The Hall–Kier alpha value is -2.04. The van der Waals surface area contributed by atoms with E-state index < -0.39 is 0 Å². The topological polar surface area (TPSA) is 30.0 Å². The van der Waals surface area contributed by atoms with Crippen molar-refractivity contribution in [3.8, 4) is 5.75 Å². The number of hydrogen-bond acceptors (Lipinski definition) is 4. The van der Waals surface area contributed by atoms with Crippen molar-refractivity contribution in [1.29, 1.82) is 0 Å². The maximum atomic E-state index is 11.3. The molecule has 1 atom stereocenters. The van der Waals surface area contributed by atoms with E-state index in [0.717, 1.165) is 37.3 Å². The van der Waals surface area contributed by atoms with Gasteiger partial charge in [-0.2, -0.15) is 0 Å². The molecule has 1 aliphatic rings. The standard InChI is InChI=1S/C28H43N3O/c1-27(2,3)23-18-21(19-24(26(23)32)28(4,5)6)25(31-16-14-30(9)15-17-31)20-10-12-22(13-11-20)29(7)8/h10-13,18-19,25,32H,14-17H2,1-9H3/t25-/m1/s1. The van der Waals surface area contributed by atoms with Gasteiger partial charge in [0.2, 0.25) is 0 Å². The summed E-state index contributed by atoms with van der Waals surface area (Å²) in [5.41, 5.74) is 5.59. The van der Waals surface area contributed by atoms with Crippen LogP contribution in [0.4, 0.5) is 5.69 Å². The van der Waals surface area contributed by atoms with Gasteiger partial charge in [-0.15, -0.1) is 0 Å². The third-order valence-electron chi connectivity index (χ3n) is 6.69. The van der Waals surface area contributed by atoms with Crippen molar-refractivity contribution in [1.82, 2.24) is 9.80 Å². The van der Waals surface area contributed by atoms with Crippen LogP contribution < -0.4 is 4.90 Å². The molecular weight excluding hydrogens is 394 g/mol. The maximum absolute atomic E-state index is 11.3. The lowest BCUT2D eigenvalue weighted by Crippen LogP contribution is -2.46. The fourth-order valence-electron chi connectivity index (χ4n) is 4.61.